The third kappa shape index (κ3) is 4.80. The molecule has 0 aliphatic carbocycles. The van der Waals surface area contributed by atoms with Gasteiger partial charge in [0.2, 0.25) is 0 Å². The molecule has 2 unspecified atom stereocenters. The molecule has 0 fully saturated rings. The Morgan fingerprint density at radius 2 is 1.71 bits per heavy atom. The maximum Gasteiger partial charge on any atom is 0.0342 e. The van der Waals surface area contributed by atoms with Gasteiger partial charge in [-0.15, -0.1) is 0 Å². The largest absolute Gasteiger partial charge is 0.382 e. The van der Waals surface area contributed by atoms with Gasteiger partial charge < -0.3 is 5.32 Å². The first-order valence-electron chi connectivity index (χ1n) is 7.02. The van der Waals surface area contributed by atoms with E-state index < -0.39 is 0 Å². The molecule has 0 aliphatic rings. The van der Waals surface area contributed by atoms with Crippen LogP contribution in [0, 0.1) is 5.92 Å². The van der Waals surface area contributed by atoms with Crippen LogP contribution < -0.4 is 5.32 Å². The number of rotatable bonds is 7. The number of aryl methyl sites for hydroxylation is 1. The van der Waals surface area contributed by atoms with Crippen molar-refractivity contribution in [1.82, 2.24) is 0 Å². The molecule has 1 N–H and O–H groups in total. The number of benzene rings is 1. The summed E-state index contributed by atoms with van der Waals surface area (Å²) in [5.41, 5.74) is 2.70. The van der Waals surface area contributed by atoms with Gasteiger partial charge in [0.25, 0.3) is 0 Å². The topological polar surface area (TPSA) is 12.0 Å². The van der Waals surface area contributed by atoms with Crippen molar-refractivity contribution < 1.29 is 0 Å². The maximum atomic E-state index is 3.58. The molecule has 17 heavy (non-hydrogen) atoms. The zero-order valence-electron chi connectivity index (χ0n) is 11.8. The van der Waals surface area contributed by atoms with E-state index in [1.54, 1.807) is 0 Å². The average Bonchev–Trinajstić information content (AvgIpc) is 2.37. The van der Waals surface area contributed by atoms with Crippen LogP contribution in [0.2, 0.25) is 0 Å². The van der Waals surface area contributed by atoms with E-state index in [9.17, 15) is 0 Å². The fourth-order valence-electron chi connectivity index (χ4n) is 1.91. The predicted molar refractivity (Wildman–Crippen MR) is 77.6 cm³/mol. The number of anilines is 1. The van der Waals surface area contributed by atoms with Gasteiger partial charge in [-0.05, 0) is 43.4 Å². The molecule has 0 bridgehead atoms. The van der Waals surface area contributed by atoms with E-state index in [4.69, 9.17) is 0 Å². The van der Waals surface area contributed by atoms with Crippen molar-refractivity contribution in [3.05, 3.63) is 29.8 Å². The highest BCUT2D eigenvalue weighted by Crippen LogP contribution is 2.16. The molecule has 2 atom stereocenters. The summed E-state index contributed by atoms with van der Waals surface area (Å²) in [6.45, 7) is 9.05. The summed E-state index contributed by atoms with van der Waals surface area (Å²) >= 11 is 0. The fourth-order valence-corrected chi connectivity index (χ4v) is 1.91. The standard InChI is InChI=1S/C16H27N/c1-5-7-8-15-9-11-16(12-10-15)17-14(4)13(3)6-2/h9-14,17H,5-8H2,1-4H3. The van der Waals surface area contributed by atoms with Gasteiger partial charge in [-0.25, -0.2) is 0 Å². The number of hydrogen-bond acceptors (Lipinski definition) is 1. The molecule has 0 heterocycles. The number of unbranched alkanes of at least 4 members (excludes halogenated alkanes) is 1. The van der Waals surface area contributed by atoms with E-state index in [0.717, 1.165) is 5.92 Å². The zero-order chi connectivity index (χ0) is 12.7. The van der Waals surface area contributed by atoms with Crippen LogP contribution >= 0.6 is 0 Å². The number of hydrogen-bond donors (Lipinski definition) is 1. The number of nitrogens with one attached hydrogen (secondary N) is 1. The highest BCUT2D eigenvalue weighted by atomic mass is 14.9. The van der Waals surface area contributed by atoms with Gasteiger partial charge in [-0.3, -0.25) is 0 Å². The Morgan fingerprint density at radius 1 is 1.06 bits per heavy atom. The summed E-state index contributed by atoms with van der Waals surface area (Å²) in [6, 6.07) is 9.47. The lowest BCUT2D eigenvalue weighted by Gasteiger charge is -2.21. The molecule has 1 heteroatoms. The van der Waals surface area contributed by atoms with Crippen LogP contribution in [0.15, 0.2) is 24.3 Å². The highest BCUT2D eigenvalue weighted by molar-refractivity contribution is 5.45. The molecule has 0 saturated heterocycles. The SMILES string of the molecule is CCCCc1ccc(NC(C)C(C)CC)cc1. The average molecular weight is 233 g/mol. The molecular formula is C16H27N. The van der Waals surface area contributed by atoms with E-state index in [0.29, 0.717) is 6.04 Å². The van der Waals surface area contributed by atoms with Gasteiger partial charge in [0, 0.05) is 11.7 Å². The van der Waals surface area contributed by atoms with Crippen LogP contribution in [0.1, 0.15) is 52.5 Å². The summed E-state index contributed by atoms with van der Waals surface area (Å²) < 4.78 is 0. The summed E-state index contributed by atoms with van der Waals surface area (Å²) in [4.78, 5) is 0. The van der Waals surface area contributed by atoms with Crippen LogP contribution in [0.5, 0.6) is 0 Å². The van der Waals surface area contributed by atoms with E-state index in [1.165, 1.54) is 36.9 Å². The molecule has 0 aliphatic heterocycles. The minimum Gasteiger partial charge on any atom is -0.382 e. The predicted octanol–water partition coefficient (Wildman–Crippen LogP) is 4.88. The van der Waals surface area contributed by atoms with Crippen molar-refractivity contribution in [1.29, 1.82) is 0 Å². The first kappa shape index (κ1) is 14.1. The monoisotopic (exact) mass is 233 g/mol. The normalized spacial score (nSPS) is 14.4. The van der Waals surface area contributed by atoms with Gasteiger partial charge in [0.05, 0.1) is 0 Å². The first-order valence-corrected chi connectivity index (χ1v) is 7.02. The second-order valence-corrected chi connectivity index (χ2v) is 5.12. The van der Waals surface area contributed by atoms with Crippen LogP contribution in [0.4, 0.5) is 5.69 Å². The molecule has 1 nitrogen and oxygen atoms in total. The van der Waals surface area contributed by atoms with Gasteiger partial charge >= 0.3 is 0 Å². The zero-order valence-corrected chi connectivity index (χ0v) is 11.8. The van der Waals surface area contributed by atoms with Crippen molar-refractivity contribution in [3.63, 3.8) is 0 Å². The minimum absolute atomic E-state index is 0.543. The molecule has 0 amide bonds. The van der Waals surface area contributed by atoms with Gasteiger partial charge in [0.15, 0.2) is 0 Å². The van der Waals surface area contributed by atoms with E-state index in [1.807, 2.05) is 0 Å². The quantitative estimate of drug-likeness (QED) is 0.708. The van der Waals surface area contributed by atoms with Crippen LogP contribution in [-0.4, -0.2) is 6.04 Å². The van der Waals surface area contributed by atoms with Crippen molar-refractivity contribution in [2.45, 2.75) is 59.4 Å². The van der Waals surface area contributed by atoms with E-state index in [-0.39, 0.29) is 0 Å². The second kappa shape index (κ2) is 7.37. The third-order valence-electron chi connectivity index (χ3n) is 3.66. The third-order valence-corrected chi connectivity index (χ3v) is 3.66. The Kier molecular flexibility index (Phi) is 6.10. The van der Waals surface area contributed by atoms with Crippen LogP contribution in [0.25, 0.3) is 0 Å². The van der Waals surface area contributed by atoms with Gasteiger partial charge in [-0.2, -0.15) is 0 Å². The summed E-state index contributed by atoms with van der Waals surface area (Å²) in [5, 5.41) is 3.58. The maximum absolute atomic E-state index is 3.58. The molecule has 0 aromatic heterocycles. The molecule has 96 valence electrons. The Hall–Kier alpha value is -0.980. The Labute approximate surface area is 107 Å². The second-order valence-electron chi connectivity index (χ2n) is 5.12. The summed E-state index contributed by atoms with van der Waals surface area (Å²) in [5.74, 6) is 0.717. The smallest absolute Gasteiger partial charge is 0.0342 e. The molecule has 1 aromatic carbocycles. The summed E-state index contributed by atoms with van der Waals surface area (Å²) in [7, 11) is 0. The molecule has 0 spiro atoms. The van der Waals surface area contributed by atoms with Crippen molar-refractivity contribution >= 4 is 5.69 Å². The summed E-state index contributed by atoms with van der Waals surface area (Å²) in [6.07, 6.45) is 4.99. The van der Waals surface area contributed by atoms with Crippen molar-refractivity contribution in [2.75, 3.05) is 5.32 Å². The Bertz CT molecular complexity index is 302. The molecule has 0 radical (unpaired) electrons. The van der Waals surface area contributed by atoms with Gasteiger partial charge in [0.1, 0.15) is 0 Å². The van der Waals surface area contributed by atoms with E-state index >= 15 is 0 Å². The molecule has 1 rings (SSSR count). The molecule has 1 aromatic rings. The lowest BCUT2D eigenvalue weighted by atomic mass is 10.0. The lowest BCUT2D eigenvalue weighted by Crippen LogP contribution is -2.23. The van der Waals surface area contributed by atoms with Crippen molar-refractivity contribution in [3.8, 4) is 0 Å². The first-order chi connectivity index (χ1) is 8.17. The lowest BCUT2D eigenvalue weighted by molar-refractivity contribution is 0.494. The van der Waals surface area contributed by atoms with E-state index in [2.05, 4.69) is 57.3 Å². The van der Waals surface area contributed by atoms with Crippen LogP contribution in [-0.2, 0) is 6.42 Å². The van der Waals surface area contributed by atoms with Crippen LogP contribution in [0.3, 0.4) is 0 Å². The highest BCUT2D eigenvalue weighted by Gasteiger charge is 2.09. The van der Waals surface area contributed by atoms with Gasteiger partial charge in [-0.1, -0.05) is 45.7 Å². The minimum atomic E-state index is 0.543. The molecular weight excluding hydrogens is 206 g/mol. The Balaban J connectivity index is 2.50. The van der Waals surface area contributed by atoms with Crippen molar-refractivity contribution in [2.24, 2.45) is 5.92 Å². The Morgan fingerprint density at radius 3 is 2.24 bits per heavy atom. The fraction of sp³-hybridized carbons (Fsp3) is 0.625. The molecule has 0 saturated carbocycles.